The third-order valence-corrected chi connectivity index (χ3v) is 5.48. The third-order valence-electron chi connectivity index (χ3n) is 5.48. The van der Waals surface area contributed by atoms with Gasteiger partial charge in [0.05, 0.1) is 18.2 Å². The molecule has 0 amide bonds. The number of imidazole rings is 1. The van der Waals surface area contributed by atoms with Gasteiger partial charge >= 0.3 is 0 Å². The van der Waals surface area contributed by atoms with Crippen molar-refractivity contribution in [2.75, 3.05) is 13.7 Å². The van der Waals surface area contributed by atoms with Gasteiger partial charge in [-0.3, -0.25) is 13.8 Å². The zero-order valence-corrected chi connectivity index (χ0v) is 15.8. The number of benzene rings is 1. The number of aromatic nitrogens is 5. The van der Waals surface area contributed by atoms with Gasteiger partial charge in [-0.25, -0.2) is 9.37 Å². The average molecular weight is 399 g/mol. The summed E-state index contributed by atoms with van der Waals surface area (Å²) in [5.41, 5.74) is -0.128. The number of halogens is 1. The second kappa shape index (κ2) is 6.19. The number of hydrogen-bond acceptors (Lipinski definition) is 7. The molecule has 9 nitrogen and oxygen atoms in total. The van der Waals surface area contributed by atoms with Crippen LogP contribution in [0.25, 0.3) is 28.1 Å². The normalized spacial score (nSPS) is 16.6. The number of hydrogen-bond donors (Lipinski definition) is 1. The highest BCUT2D eigenvalue weighted by Gasteiger charge is 2.50. The van der Waals surface area contributed by atoms with Crippen molar-refractivity contribution in [2.45, 2.75) is 31.4 Å². The predicted octanol–water partition coefficient (Wildman–Crippen LogP) is 2.03. The summed E-state index contributed by atoms with van der Waals surface area (Å²) in [4.78, 5) is 22.0. The highest BCUT2D eigenvalue weighted by Crippen LogP contribution is 2.48. The molecule has 3 aromatic heterocycles. The summed E-state index contributed by atoms with van der Waals surface area (Å²) < 4.78 is 28.2. The van der Waals surface area contributed by atoms with Gasteiger partial charge in [-0.1, -0.05) is 11.2 Å². The van der Waals surface area contributed by atoms with E-state index in [1.807, 2.05) is 0 Å². The fourth-order valence-electron chi connectivity index (χ4n) is 3.68. The van der Waals surface area contributed by atoms with E-state index < -0.39 is 23.0 Å². The number of aliphatic hydroxyl groups is 1. The van der Waals surface area contributed by atoms with Crippen molar-refractivity contribution in [3.8, 4) is 11.5 Å². The van der Waals surface area contributed by atoms with Crippen LogP contribution in [0, 0.1) is 5.82 Å². The van der Waals surface area contributed by atoms with Gasteiger partial charge < -0.3 is 14.4 Å². The van der Waals surface area contributed by atoms with Crippen LogP contribution in [0.15, 0.2) is 33.8 Å². The summed E-state index contributed by atoms with van der Waals surface area (Å²) in [6, 6.07) is 3.87. The molecule has 10 heteroatoms. The van der Waals surface area contributed by atoms with E-state index in [1.54, 1.807) is 26.2 Å². The standard InChI is InChI=1S/C19H18FN5O4/c1-10(8-26)25-14-11(20)4-3-5-12(14)24-9-21-13(15(24)17(25)27)16-22-18(29-23-16)19(28-2)6-7-19/h3-5,9-10,26H,6-8H2,1-2H3. The molecule has 0 aliphatic heterocycles. The lowest BCUT2D eigenvalue weighted by atomic mass is 10.2. The number of ether oxygens (including phenoxy) is 1. The predicted molar refractivity (Wildman–Crippen MR) is 99.9 cm³/mol. The van der Waals surface area contributed by atoms with E-state index in [9.17, 15) is 14.3 Å². The van der Waals surface area contributed by atoms with E-state index in [-0.39, 0.29) is 29.2 Å². The zero-order valence-electron chi connectivity index (χ0n) is 15.8. The Morgan fingerprint density at radius 1 is 1.38 bits per heavy atom. The Bertz CT molecular complexity index is 1300. The molecule has 1 fully saturated rings. The molecular weight excluding hydrogens is 381 g/mol. The van der Waals surface area contributed by atoms with Crippen molar-refractivity contribution < 1.29 is 18.8 Å². The van der Waals surface area contributed by atoms with E-state index >= 15 is 0 Å². The molecule has 3 heterocycles. The van der Waals surface area contributed by atoms with Crippen LogP contribution in [0.2, 0.25) is 0 Å². The molecular formula is C19H18FN5O4. The van der Waals surface area contributed by atoms with Crippen LogP contribution in [-0.4, -0.2) is 42.9 Å². The first kappa shape index (κ1) is 18.0. The molecule has 1 atom stereocenters. The minimum Gasteiger partial charge on any atom is -0.394 e. The van der Waals surface area contributed by atoms with Crippen LogP contribution in [0.3, 0.4) is 0 Å². The molecule has 29 heavy (non-hydrogen) atoms. The van der Waals surface area contributed by atoms with Crippen molar-refractivity contribution in [1.29, 1.82) is 0 Å². The molecule has 4 aromatic rings. The van der Waals surface area contributed by atoms with Crippen LogP contribution in [0.1, 0.15) is 31.7 Å². The highest BCUT2D eigenvalue weighted by atomic mass is 19.1. The molecule has 0 spiro atoms. The van der Waals surface area contributed by atoms with Gasteiger partial charge in [-0.05, 0) is 31.9 Å². The van der Waals surface area contributed by atoms with E-state index in [0.717, 1.165) is 12.8 Å². The maximum atomic E-state index is 14.6. The van der Waals surface area contributed by atoms with Gasteiger partial charge in [0.1, 0.15) is 34.5 Å². The molecule has 150 valence electrons. The maximum absolute atomic E-state index is 14.6. The van der Waals surface area contributed by atoms with Crippen molar-refractivity contribution in [3.05, 3.63) is 46.6 Å². The monoisotopic (exact) mass is 399 g/mol. The molecule has 1 aliphatic rings. The lowest BCUT2D eigenvalue weighted by molar-refractivity contribution is 0.0492. The van der Waals surface area contributed by atoms with Crippen LogP contribution in [0.4, 0.5) is 4.39 Å². The number of nitrogens with zero attached hydrogens (tertiary/aromatic N) is 5. The lowest BCUT2D eigenvalue weighted by Gasteiger charge is -2.17. The van der Waals surface area contributed by atoms with E-state index in [1.165, 1.54) is 21.4 Å². The Labute approximate surface area is 163 Å². The zero-order chi connectivity index (χ0) is 20.3. The Morgan fingerprint density at radius 3 is 2.86 bits per heavy atom. The second-order valence-corrected chi connectivity index (χ2v) is 7.25. The van der Waals surface area contributed by atoms with Gasteiger partial charge in [0.15, 0.2) is 0 Å². The molecule has 1 aliphatic carbocycles. The van der Waals surface area contributed by atoms with Crippen molar-refractivity contribution in [1.82, 2.24) is 24.1 Å². The van der Waals surface area contributed by atoms with E-state index in [4.69, 9.17) is 9.26 Å². The van der Waals surface area contributed by atoms with Gasteiger partial charge in [0.2, 0.25) is 5.82 Å². The van der Waals surface area contributed by atoms with Crippen LogP contribution >= 0.6 is 0 Å². The Hall–Kier alpha value is -3.11. The molecule has 1 aromatic carbocycles. The van der Waals surface area contributed by atoms with Gasteiger partial charge in [0, 0.05) is 7.11 Å². The number of methoxy groups -OCH3 is 1. The van der Waals surface area contributed by atoms with Crippen molar-refractivity contribution in [2.24, 2.45) is 0 Å². The fraction of sp³-hybridized carbons (Fsp3) is 0.368. The Morgan fingerprint density at radius 2 is 2.17 bits per heavy atom. The number of para-hydroxylation sites is 1. The summed E-state index contributed by atoms with van der Waals surface area (Å²) in [6.45, 7) is 1.31. The summed E-state index contributed by atoms with van der Waals surface area (Å²) in [5.74, 6) is -0.0661. The van der Waals surface area contributed by atoms with Crippen LogP contribution < -0.4 is 5.56 Å². The average Bonchev–Trinajstić information content (AvgIpc) is 3.15. The van der Waals surface area contributed by atoms with Crippen molar-refractivity contribution in [3.63, 3.8) is 0 Å². The summed E-state index contributed by atoms with van der Waals surface area (Å²) in [5, 5.41) is 13.6. The fourth-order valence-corrected chi connectivity index (χ4v) is 3.68. The molecule has 0 saturated heterocycles. The Kier molecular flexibility index (Phi) is 3.83. The minimum absolute atomic E-state index is 0.0978. The molecule has 0 radical (unpaired) electrons. The molecule has 1 saturated carbocycles. The van der Waals surface area contributed by atoms with Crippen LogP contribution in [0.5, 0.6) is 0 Å². The summed E-state index contributed by atoms with van der Waals surface area (Å²) >= 11 is 0. The molecule has 0 bridgehead atoms. The Balaban J connectivity index is 1.81. The topological polar surface area (TPSA) is 108 Å². The number of aliphatic hydroxyl groups excluding tert-OH is 1. The molecule has 5 rings (SSSR count). The SMILES string of the molecule is COC1(c2nc(-c3ncn4c3c(=O)n(C(C)CO)c3c(F)cccc34)no2)CC1. The molecule has 1 unspecified atom stereocenters. The van der Waals surface area contributed by atoms with Gasteiger partial charge in [0.25, 0.3) is 11.4 Å². The van der Waals surface area contributed by atoms with E-state index in [0.29, 0.717) is 11.4 Å². The van der Waals surface area contributed by atoms with Crippen LogP contribution in [-0.2, 0) is 10.3 Å². The van der Waals surface area contributed by atoms with Gasteiger partial charge in [-0.15, -0.1) is 0 Å². The first-order valence-electron chi connectivity index (χ1n) is 9.21. The second-order valence-electron chi connectivity index (χ2n) is 7.25. The highest BCUT2D eigenvalue weighted by molar-refractivity contribution is 5.84. The molecule has 1 N–H and O–H groups in total. The first-order chi connectivity index (χ1) is 14.0. The van der Waals surface area contributed by atoms with Gasteiger partial charge in [-0.2, -0.15) is 4.98 Å². The first-order valence-corrected chi connectivity index (χ1v) is 9.21. The minimum atomic E-state index is -0.640. The largest absolute Gasteiger partial charge is 0.394 e. The summed E-state index contributed by atoms with van der Waals surface area (Å²) in [6.07, 6.45) is 2.99. The quantitative estimate of drug-likeness (QED) is 0.547. The van der Waals surface area contributed by atoms with E-state index in [2.05, 4.69) is 15.1 Å². The smallest absolute Gasteiger partial charge is 0.278 e. The van der Waals surface area contributed by atoms with Crippen molar-refractivity contribution >= 4 is 16.6 Å². The third kappa shape index (κ3) is 2.45. The maximum Gasteiger partial charge on any atom is 0.278 e. The number of rotatable bonds is 5. The lowest BCUT2D eigenvalue weighted by Crippen LogP contribution is -2.28. The number of fused-ring (bicyclic) bond motifs is 3. The summed E-state index contributed by atoms with van der Waals surface area (Å²) in [7, 11) is 1.58.